The first-order valence-corrected chi connectivity index (χ1v) is 13.1. The zero-order valence-corrected chi connectivity index (χ0v) is 21.7. The lowest BCUT2D eigenvalue weighted by Crippen LogP contribution is -2.47. The molecule has 39 heavy (non-hydrogen) atoms. The normalized spacial score (nSPS) is 16.5. The number of hydrogen-bond acceptors (Lipinski definition) is 9. The van der Waals surface area contributed by atoms with E-state index in [1.807, 2.05) is 17.2 Å². The third-order valence-corrected chi connectivity index (χ3v) is 7.25. The SMILES string of the molecule is C=CC(=O)N1CCN(Cc2ccc(-n3ccc4c(-c5cnc(N)nc5)nc(N5CCOCC5)nc43)cc2)CC1. The molecule has 11 nitrogen and oxygen atoms in total. The topological polar surface area (TPSA) is 119 Å². The Morgan fingerprint density at radius 1 is 0.974 bits per heavy atom. The number of carbonyl (C=O) groups excluding carboxylic acids is 1. The van der Waals surface area contributed by atoms with Crippen molar-refractivity contribution < 1.29 is 9.53 Å². The van der Waals surface area contributed by atoms with Crippen molar-refractivity contribution in [1.29, 1.82) is 0 Å². The molecule has 5 heterocycles. The van der Waals surface area contributed by atoms with E-state index >= 15 is 0 Å². The van der Waals surface area contributed by atoms with Gasteiger partial charge < -0.3 is 24.8 Å². The Morgan fingerprint density at radius 2 is 1.69 bits per heavy atom. The van der Waals surface area contributed by atoms with Gasteiger partial charge >= 0.3 is 0 Å². The summed E-state index contributed by atoms with van der Waals surface area (Å²) in [7, 11) is 0. The minimum absolute atomic E-state index is 0.00520. The molecule has 1 aromatic carbocycles. The van der Waals surface area contributed by atoms with Gasteiger partial charge in [-0.05, 0) is 29.8 Å². The summed E-state index contributed by atoms with van der Waals surface area (Å²) in [6.45, 7) is 10.3. The summed E-state index contributed by atoms with van der Waals surface area (Å²) in [6.07, 6.45) is 6.81. The fourth-order valence-corrected chi connectivity index (χ4v) is 5.07. The molecule has 2 N–H and O–H groups in total. The number of nitrogen functional groups attached to an aromatic ring is 1. The lowest BCUT2D eigenvalue weighted by molar-refractivity contribution is -0.127. The Bertz CT molecular complexity index is 1470. The molecule has 0 aliphatic carbocycles. The fourth-order valence-electron chi connectivity index (χ4n) is 5.07. The number of fused-ring (bicyclic) bond motifs is 1. The fraction of sp³-hybridized carbons (Fsp3) is 0.321. The van der Waals surface area contributed by atoms with E-state index in [-0.39, 0.29) is 11.9 Å². The number of nitrogens with zero attached hydrogens (tertiary/aromatic N) is 8. The quantitative estimate of drug-likeness (QED) is 0.378. The van der Waals surface area contributed by atoms with Crippen LogP contribution in [0.1, 0.15) is 5.56 Å². The van der Waals surface area contributed by atoms with E-state index < -0.39 is 0 Å². The third kappa shape index (κ3) is 5.18. The van der Waals surface area contributed by atoms with Crippen LogP contribution in [-0.4, -0.2) is 92.7 Å². The summed E-state index contributed by atoms with van der Waals surface area (Å²) >= 11 is 0. The highest BCUT2D eigenvalue weighted by molar-refractivity contribution is 5.92. The first-order valence-electron chi connectivity index (χ1n) is 13.1. The van der Waals surface area contributed by atoms with Crippen molar-refractivity contribution >= 4 is 28.8 Å². The number of amides is 1. The van der Waals surface area contributed by atoms with Gasteiger partial charge in [0, 0.05) is 81.0 Å². The predicted molar refractivity (Wildman–Crippen MR) is 149 cm³/mol. The molecule has 1 amide bonds. The van der Waals surface area contributed by atoms with Crippen LogP contribution < -0.4 is 10.6 Å². The van der Waals surface area contributed by atoms with Gasteiger partial charge in [0.15, 0.2) is 5.65 Å². The Morgan fingerprint density at radius 3 is 2.38 bits per heavy atom. The molecular formula is C28H31N9O2. The molecule has 2 aliphatic heterocycles. The largest absolute Gasteiger partial charge is 0.378 e. The summed E-state index contributed by atoms with van der Waals surface area (Å²) < 4.78 is 7.63. The summed E-state index contributed by atoms with van der Waals surface area (Å²) in [5, 5.41) is 0.913. The number of aromatic nitrogens is 5. The third-order valence-electron chi connectivity index (χ3n) is 7.25. The van der Waals surface area contributed by atoms with Crippen LogP contribution in [0.3, 0.4) is 0 Å². The number of piperazine rings is 1. The summed E-state index contributed by atoms with van der Waals surface area (Å²) in [6, 6.07) is 10.6. The van der Waals surface area contributed by atoms with Gasteiger partial charge in [0.2, 0.25) is 17.8 Å². The standard InChI is InChI=1S/C28H31N9O2/c1-2-24(38)35-11-9-34(10-12-35)19-20-3-5-22(6-4-20)37-8-7-23-25(21-17-30-27(29)31-18-21)32-28(33-26(23)37)36-13-15-39-16-14-36/h2-8,17-18H,1,9-16,19H2,(H2,29,30,31). The first-order chi connectivity index (χ1) is 19.1. The van der Waals surface area contributed by atoms with Crippen molar-refractivity contribution in [1.82, 2.24) is 34.3 Å². The monoisotopic (exact) mass is 525 g/mol. The number of benzene rings is 1. The molecule has 0 atom stereocenters. The van der Waals surface area contributed by atoms with Crippen molar-refractivity contribution in [2.45, 2.75) is 6.54 Å². The number of anilines is 2. The molecule has 2 aliphatic rings. The van der Waals surface area contributed by atoms with Gasteiger partial charge in [0.1, 0.15) is 0 Å². The second-order valence-electron chi connectivity index (χ2n) is 9.70. The van der Waals surface area contributed by atoms with Crippen molar-refractivity contribution in [3.8, 4) is 16.9 Å². The molecule has 200 valence electrons. The van der Waals surface area contributed by atoms with Crippen LogP contribution in [0.25, 0.3) is 28.0 Å². The van der Waals surface area contributed by atoms with Gasteiger partial charge in [-0.25, -0.2) is 15.0 Å². The van der Waals surface area contributed by atoms with Crippen LogP contribution in [0.5, 0.6) is 0 Å². The lowest BCUT2D eigenvalue weighted by atomic mass is 10.1. The highest BCUT2D eigenvalue weighted by atomic mass is 16.5. The Labute approximate surface area is 226 Å². The molecule has 0 bridgehead atoms. The van der Waals surface area contributed by atoms with Gasteiger partial charge in [-0.15, -0.1) is 0 Å². The molecule has 0 radical (unpaired) electrons. The zero-order chi connectivity index (χ0) is 26.8. The average molecular weight is 526 g/mol. The minimum atomic E-state index is 0.00520. The summed E-state index contributed by atoms with van der Waals surface area (Å²) in [5.74, 6) is 0.885. The number of rotatable bonds is 6. The van der Waals surface area contributed by atoms with Gasteiger partial charge in [-0.2, -0.15) is 4.98 Å². The maximum absolute atomic E-state index is 11.9. The number of nitrogens with two attached hydrogens (primary N) is 1. The molecule has 6 rings (SSSR count). The van der Waals surface area contributed by atoms with Crippen LogP contribution in [0, 0.1) is 0 Å². The van der Waals surface area contributed by atoms with Gasteiger partial charge in [-0.3, -0.25) is 9.69 Å². The van der Waals surface area contributed by atoms with E-state index in [0.717, 1.165) is 73.8 Å². The Kier molecular flexibility index (Phi) is 6.91. The highest BCUT2D eigenvalue weighted by Crippen LogP contribution is 2.30. The summed E-state index contributed by atoms with van der Waals surface area (Å²) in [5.41, 5.74) is 10.3. The minimum Gasteiger partial charge on any atom is -0.378 e. The molecule has 0 spiro atoms. The van der Waals surface area contributed by atoms with Gasteiger partial charge in [-0.1, -0.05) is 18.7 Å². The van der Waals surface area contributed by atoms with E-state index in [1.165, 1.54) is 11.6 Å². The molecule has 11 heteroatoms. The molecule has 4 aromatic rings. The molecule has 2 fully saturated rings. The Hall–Kier alpha value is -4.35. The number of ether oxygens (including phenoxy) is 1. The van der Waals surface area contributed by atoms with E-state index in [9.17, 15) is 4.79 Å². The van der Waals surface area contributed by atoms with E-state index in [4.69, 9.17) is 20.4 Å². The van der Waals surface area contributed by atoms with Crippen LogP contribution in [0.15, 0.2) is 61.6 Å². The van der Waals surface area contributed by atoms with Crippen LogP contribution in [0.2, 0.25) is 0 Å². The Balaban J connectivity index is 1.28. The number of morpholine rings is 1. The molecule has 0 saturated carbocycles. The van der Waals surface area contributed by atoms with Gasteiger partial charge in [0.25, 0.3) is 0 Å². The van der Waals surface area contributed by atoms with Crippen LogP contribution in [0.4, 0.5) is 11.9 Å². The number of carbonyl (C=O) groups is 1. The zero-order valence-electron chi connectivity index (χ0n) is 21.7. The predicted octanol–water partition coefficient (Wildman–Crippen LogP) is 2.13. The van der Waals surface area contributed by atoms with Crippen molar-refractivity contribution in [3.05, 3.63) is 67.1 Å². The molecule has 0 unspecified atom stereocenters. The number of hydrogen-bond donors (Lipinski definition) is 1. The van der Waals surface area contributed by atoms with Crippen LogP contribution >= 0.6 is 0 Å². The maximum Gasteiger partial charge on any atom is 0.246 e. The van der Waals surface area contributed by atoms with Gasteiger partial charge in [0.05, 0.1) is 18.9 Å². The first kappa shape index (κ1) is 25.0. The lowest BCUT2D eigenvalue weighted by Gasteiger charge is -2.34. The second-order valence-corrected chi connectivity index (χ2v) is 9.70. The van der Waals surface area contributed by atoms with E-state index in [1.54, 1.807) is 12.4 Å². The van der Waals surface area contributed by atoms with Crippen molar-refractivity contribution in [2.75, 3.05) is 63.1 Å². The van der Waals surface area contributed by atoms with Crippen LogP contribution in [-0.2, 0) is 16.1 Å². The van der Waals surface area contributed by atoms with Crippen molar-refractivity contribution in [3.63, 3.8) is 0 Å². The second kappa shape index (κ2) is 10.8. The van der Waals surface area contributed by atoms with E-state index in [0.29, 0.717) is 19.2 Å². The molecule has 2 saturated heterocycles. The van der Waals surface area contributed by atoms with E-state index in [2.05, 4.69) is 55.2 Å². The smallest absolute Gasteiger partial charge is 0.246 e. The average Bonchev–Trinajstić information content (AvgIpc) is 3.42. The maximum atomic E-state index is 11.9. The molecule has 3 aromatic heterocycles. The summed E-state index contributed by atoms with van der Waals surface area (Å²) in [4.78, 5) is 36.5. The highest BCUT2D eigenvalue weighted by Gasteiger charge is 2.21. The molecular weight excluding hydrogens is 494 g/mol. The van der Waals surface area contributed by atoms with Crippen molar-refractivity contribution in [2.24, 2.45) is 0 Å².